The fourth-order valence-electron chi connectivity index (χ4n) is 1.61. The largest absolute Gasteiger partial charge is 0.414 e. The Bertz CT molecular complexity index is 611. The van der Waals surface area contributed by atoms with Gasteiger partial charge in [0.15, 0.2) is 0 Å². The van der Waals surface area contributed by atoms with E-state index in [0.29, 0.717) is 5.56 Å². The Morgan fingerprint density at radius 2 is 2.11 bits per heavy atom. The maximum Gasteiger partial charge on any atom is 0.414 e. The predicted molar refractivity (Wildman–Crippen MR) is 66.6 cm³/mol. The Balaban J connectivity index is 2.52. The number of halogens is 3. The van der Waals surface area contributed by atoms with Gasteiger partial charge in [-0.05, 0) is 18.2 Å². The number of nitriles is 1. The molecule has 0 aromatic carbocycles. The highest BCUT2D eigenvalue weighted by atomic mass is 32.1. The molecule has 0 saturated carbocycles. The quantitative estimate of drug-likeness (QED) is 0.744. The van der Waals surface area contributed by atoms with Crippen molar-refractivity contribution in [1.82, 2.24) is 4.98 Å². The molecule has 0 radical (unpaired) electrons. The lowest BCUT2D eigenvalue weighted by Gasteiger charge is -2.20. The number of hydrogen-bond acceptors (Lipinski definition) is 3. The third-order valence-corrected chi connectivity index (χ3v) is 2.82. The SMILES string of the molecule is N#C[C@@H]1C(=S)N=C(c2cccnc2)C=C1C(F)(F)F. The van der Waals surface area contributed by atoms with Gasteiger partial charge in [-0.1, -0.05) is 12.2 Å². The van der Waals surface area contributed by atoms with Crippen LogP contribution in [-0.4, -0.2) is 21.9 Å². The highest BCUT2D eigenvalue weighted by molar-refractivity contribution is 7.80. The molecule has 0 fully saturated rings. The van der Waals surface area contributed by atoms with Crippen LogP contribution in [0.1, 0.15) is 5.56 Å². The molecule has 1 aliphatic heterocycles. The summed E-state index contributed by atoms with van der Waals surface area (Å²) in [4.78, 5) is 7.41. The van der Waals surface area contributed by atoms with E-state index in [1.807, 2.05) is 0 Å². The van der Waals surface area contributed by atoms with E-state index in [1.165, 1.54) is 18.5 Å². The molecule has 2 heterocycles. The van der Waals surface area contributed by atoms with Crippen molar-refractivity contribution in [3.8, 4) is 6.07 Å². The van der Waals surface area contributed by atoms with Crippen LogP contribution in [0.5, 0.6) is 0 Å². The summed E-state index contributed by atoms with van der Waals surface area (Å²) in [6.07, 6.45) is -0.884. The van der Waals surface area contributed by atoms with Gasteiger partial charge in [-0.15, -0.1) is 0 Å². The smallest absolute Gasteiger partial charge is 0.264 e. The van der Waals surface area contributed by atoms with E-state index in [-0.39, 0.29) is 10.7 Å². The van der Waals surface area contributed by atoms with Crippen LogP contribution >= 0.6 is 12.2 Å². The molecule has 0 bridgehead atoms. The second-order valence-corrected chi connectivity index (χ2v) is 4.15. The molecule has 7 heteroatoms. The number of allylic oxidation sites excluding steroid dienone is 1. The van der Waals surface area contributed by atoms with Crippen LogP contribution in [0.25, 0.3) is 0 Å². The average Bonchev–Trinajstić information content (AvgIpc) is 2.37. The molecule has 1 aromatic rings. The second kappa shape index (κ2) is 4.90. The maximum atomic E-state index is 12.9. The Hall–Kier alpha value is -2.07. The molecule has 19 heavy (non-hydrogen) atoms. The zero-order chi connectivity index (χ0) is 14.0. The maximum absolute atomic E-state index is 12.9. The highest BCUT2D eigenvalue weighted by Crippen LogP contribution is 2.35. The molecule has 0 aliphatic carbocycles. The molecule has 0 unspecified atom stereocenters. The third kappa shape index (κ3) is 2.69. The zero-order valence-corrected chi connectivity index (χ0v) is 10.2. The molecule has 96 valence electrons. The molecule has 1 atom stereocenters. The summed E-state index contributed by atoms with van der Waals surface area (Å²) in [7, 11) is 0. The minimum absolute atomic E-state index is 0.0666. The summed E-state index contributed by atoms with van der Waals surface area (Å²) in [6.45, 7) is 0. The first-order valence-electron chi connectivity index (χ1n) is 5.15. The number of dihydropyridines is 1. The van der Waals surface area contributed by atoms with Crippen molar-refractivity contribution in [3.05, 3.63) is 41.7 Å². The fourth-order valence-corrected chi connectivity index (χ4v) is 1.89. The standard InChI is InChI=1S/C12H6F3N3S/c13-12(14,15)9-4-10(7-2-1-3-17-6-7)18-11(19)8(9)5-16/h1-4,6,8H/t8-/m0/s1. The highest BCUT2D eigenvalue weighted by Gasteiger charge is 2.42. The van der Waals surface area contributed by atoms with Crippen molar-refractivity contribution in [2.75, 3.05) is 0 Å². The minimum Gasteiger partial charge on any atom is -0.264 e. The lowest BCUT2D eigenvalue weighted by Crippen LogP contribution is -2.28. The van der Waals surface area contributed by atoms with Crippen molar-refractivity contribution >= 4 is 22.9 Å². The van der Waals surface area contributed by atoms with Crippen LogP contribution in [0.15, 0.2) is 41.2 Å². The molecule has 0 spiro atoms. The van der Waals surface area contributed by atoms with Crippen molar-refractivity contribution in [2.45, 2.75) is 6.18 Å². The summed E-state index contributed by atoms with van der Waals surface area (Å²) >= 11 is 4.78. The van der Waals surface area contributed by atoms with Gasteiger partial charge in [-0.2, -0.15) is 18.4 Å². The lowest BCUT2D eigenvalue weighted by molar-refractivity contribution is -0.0947. The first-order chi connectivity index (χ1) is 8.93. The number of nitrogens with zero attached hydrogens (tertiary/aromatic N) is 3. The summed E-state index contributed by atoms with van der Waals surface area (Å²) in [6, 6.07) is 4.69. The third-order valence-electron chi connectivity index (χ3n) is 2.49. The van der Waals surface area contributed by atoms with E-state index in [1.54, 1.807) is 12.1 Å². The number of pyridine rings is 1. The lowest BCUT2D eigenvalue weighted by atomic mass is 9.94. The van der Waals surface area contributed by atoms with E-state index in [2.05, 4.69) is 9.98 Å². The van der Waals surface area contributed by atoms with E-state index < -0.39 is 17.7 Å². The number of alkyl halides is 3. The molecule has 1 aromatic heterocycles. The predicted octanol–water partition coefficient (Wildman–Crippen LogP) is 2.84. The molecule has 2 rings (SSSR count). The molecular weight excluding hydrogens is 275 g/mol. The number of thiocarbonyl (C=S) groups is 1. The van der Waals surface area contributed by atoms with Crippen LogP contribution in [0.3, 0.4) is 0 Å². The average molecular weight is 281 g/mol. The van der Waals surface area contributed by atoms with Crippen molar-refractivity contribution in [1.29, 1.82) is 5.26 Å². The van der Waals surface area contributed by atoms with Gasteiger partial charge in [0.25, 0.3) is 0 Å². The molecular formula is C12H6F3N3S. The van der Waals surface area contributed by atoms with Gasteiger partial charge in [0.1, 0.15) is 10.9 Å². The molecule has 3 nitrogen and oxygen atoms in total. The van der Waals surface area contributed by atoms with Gasteiger partial charge in [0.05, 0.1) is 17.4 Å². The summed E-state index contributed by atoms with van der Waals surface area (Å²) in [5.41, 5.74) is -0.506. The molecule has 0 N–H and O–H groups in total. The molecule has 0 saturated heterocycles. The number of aliphatic imine (C=N–C) groups is 1. The van der Waals surface area contributed by atoms with Crippen LogP contribution in [0, 0.1) is 17.2 Å². The van der Waals surface area contributed by atoms with E-state index in [9.17, 15) is 13.2 Å². The number of aromatic nitrogens is 1. The zero-order valence-electron chi connectivity index (χ0n) is 9.35. The first kappa shape index (κ1) is 13.4. The monoisotopic (exact) mass is 281 g/mol. The van der Waals surface area contributed by atoms with Gasteiger partial charge in [-0.3, -0.25) is 4.98 Å². The Morgan fingerprint density at radius 3 is 2.63 bits per heavy atom. The van der Waals surface area contributed by atoms with Crippen molar-refractivity contribution in [3.63, 3.8) is 0 Å². The van der Waals surface area contributed by atoms with Crippen LogP contribution in [0.2, 0.25) is 0 Å². The fraction of sp³-hybridized carbons (Fsp3) is 0.167. The molecule has 0 amide bonds. The summed E-state index contributed by atoms with van der Waals surface area (Å²) < 4.78 is 38.7. The topological polar surface area (TPSA) is 49.0 Å². The van der Waals surface area contributed by atoms with Crippen LogP contribution in [0.4, 0.5) is 13.2 Å². The van der Waals surface area contributed by atoms with Crippen LogP contribution in [-0.2, 0) is 0 Å². The van der Waals surface area contributed by atoms with E-state index >= 15 is 0 Å². The minimum atomic E-state index is -4.62. The Kier molecular flexibility index (Phi) is 3.44. The van der Waals surface area contributed by atoms with Gasteiger partial charge >= 0.3 is 6.18 Å². The molecule has 1 aliphatic rings. The Morgan fingerprint density at radius 1 is 1.37 bits per heavy atom. The summed E-state index contributed by atoms with van der Waals surface area (Å²) in [5.74, 6) is -1.53. The first-order valence-corrected chi connectivity index (χ1v) is 5.55. The van der Waals surface area contributed by atoms with Gasteiger partial charge in [0.2, 0.25) is 0 Å². The van der Waals surface area contributed by atoms with E-state index in [4.69, 9.17) is 17.5 Å². The van der Waals surface area contributed by atoms with Crippen molar-refractivity contribution < 1.29 is 13.2 Å². The normalized spacial score (nSPS) is 19.5. The Labute approximate surface area is 112 Å². The van der Waals surface area contributed by atoms with Gasteiger partial charge in [0, 0.05) is 18.0 Å². The van der Waals surface area contributed by atoms with Crippen molar-refractivity contribution in [2.24, 2.45) is 10.9 Å². The van der Waals surface area contributed by atoms with E-state index in [0.717, 1.165) is 6.08 Å². The second-order valence-electron chi connectivity index (χ2n) is 3.74. The summed E-state index contributed by atoms with van der Waals surface area (Å²) in [5, 5.41) is 8.79. The van der Waals surface area contributed by atoms with Crippen LogP contribution < -0.4 is 0 Å². The number of rotatable bonds is 1. The number of hydrogen-bond donors (Lipinski definition) is 0. The van der Waals surface area contributed by atoms with Gasteiger partial charge in [-0.25, -0.2) is 4.99 Å². The van der Waals surface area contributed by atoms with Gasteiger partial charge < -0.3 is 0 Å².